The summed E-state index contributed by atoms with van der Waals surface area (Å²) < 4.78 is 49.8. The van der Waals surface area contributed by atoms with Crippen LogP contribution in [0.25, 0.3) is 0 Å². The zero-order chi connectivity index (χ0) is 44.5. The molecule has 9 rings (SSSR count). The highest BCUT2D eigenvalue weighted by atomic mass is 16.8. The van der Waals surface area contributed by atoms with E-state index in [0.29, 0.717) is 18.4 Å². The maximum absolute atomic E-state index is 12.1. The molecule has 5 heterocycles. The third-order valence-electron chi connectivity index (χ3n) is 17.2. The molecule has 9 aliphatic rings. The van der Waals surface area contributed by atoms with Crippen LogP contribution in [-0.2, 0) is 37.9 Å². The monoisotopic (exact) mass is 884 g/mol. The average Bonchev–Trinajstić information content (AvgIpc) is 3.69. The molecule has 3 saturated carbocycles. The molecule has 5 aliphatic heterocycles. The van der Waals surface area contributed by atoms with Crippen LogP contribution in [0.2, 0.25) is 0 Å². The lowest BCUT2D eigenvalue weighted by Crippen LogP contribution is -2.64. The van der Waals surface area contributed by atoms with E-state index in [0.717, 1.165) is 24.8 Å². The van der Waals surface area contributed by atoms with Crippen molar-refractivity contribution >= 4 is 0 Å². The van der Waals surface area contributed by atoms with E-state index in [2.05, 4.69) is 26.5 Å². The lowest BCUT2D eigenvalue weighted by atomic mass is 9.46. The van der Waals surface area contributed by atoms with Gasteiger partial charge in [0.2, 0.25) is 5.79 Å². The van der Waals surface area contributed by atoms with Gasteiger partial charge in [-0.25, -0.2) is 0 Å². The predicted octanol–water partition coefficient (Wildman–Crippen LogP) is -1.29. The molecule has 18 heteroatoms. The van der Waals surface area contributed by atoms with E-state index in [-0.39, 0.29) is 60.7 Å². The van der Waals surface area contributed by atoms with Crippen LogP contribution in [0.4, 0.5) is 0 Å². The van der Waals surface area contributed by atoms with Gasteiger partial charge >= 0.3 is 0 Å². The van der Waals surface area contributed by atoms with Gasteiger partial charge in [-0.15, -0.1) is 0 Å². The maximum Gasteiger partial charge on any atom is 0.200 e. The van der Waals surface area contributed by atoms with Crippen LogP contribution in [0.15, 0.2) is 23.8 Å². The molecular weight excluding hydrogens is 816 g/mol. The number of rotatable bonds is 6. The standard InChI is InChI=1S/C44H68O18/c1-16-14-56-44(38(54)36(16)60-39-34(52)32(50)29(47)18(3)57-39)17(2)28-26(62-44)13-24-22-8-7-20-11-21(45)12-27(43(20,6)23(22)9-10-42(24,28)5)59-41-37(31(49)25(46)15-55-41)61-40-35(53)33(51)30(48)19(4)58-40/h7,17-19,21-41,45-54H,1,8-15H2,2-6H3. The van der Waals surface area contributed by atoms with Gasteiger partial charge in [-0.1, -0.05) is 39.0 Å². The van der Waals surface area contributed by atoms with Gasteiger partial charge in [0, 0.05) is 17.8 Å². The molecular formula is C44H68O18. The Kier molecular flexibility index (Phi) is 12.2. The zero-order valence-corrected chi connectivity index (χ0v) is 36.0. The summed E-state index contributed by atoms with van der Waals surface area (Å²) in [7, 11) is 0. The van der Waals surface area contributed by atoms with E-state index >= 15 is 0 Å². The van der Waals surface area contributed by atoms with Crippen LogP contribution in [0.5, 0.6) is 0 Å². The second-order valence-corrected chi connectivity index (χ2v) is 20.5. The summed E-state index contributed by atoms with van der Waals surface area (Å²) in [5.74, 6) is -1.18. The second-order valence-electron chi connectivity index (χ2n) is 20.5. The Bertz CT molecular complexity index is 1700. The van der Waals surface area contributed by atoms with Crippen LogP contribution in [0.1, 0.15) is 73.1 Å². The van der Waals surface area contributed by atoms with Gasteiger partial charge in [0.25, 0.3) is 0 Å². The van der Waals surface area contributed by atoms with Crippen molar-refractivity contribution in [2.24, 2.45) is 40.4 Å². The second kappa shape index (κ2) is 16.5. The van der Waals surface area contributed by atoms with Crippen LogP contribution in [0, 0.1) is 40.4 Å². The molecule has 10 N–H and O–H groups in total. The van der Waals surface area contributed by atoms with Gasteiger partial charge in [0.1, 0.15) is 67.1 Å². The first-order valence-corrected chi connectivity index (χ1v) is 22.6. The first-order chi connectivity index (χ1) is 29.2. The highest BCUT2D eigenvalue weighted by Crippen LogP contribution is 2.71. The maximum atomic E-state index is 12.1. The summed E-state index contributed by atoms with van der Waals surface area (Å²) in [5.41, 5.74) is 0.731. The molecule has 18 nitrogen and oxygen atoms in total. The first-order valence-electron chi connectivity index (χ1n) is 22.6. The number of allylic oxidation sites excluding steroid dienone is 1. The summed E-state index contributed by atoms with van der Waals surface area (Å²) in [6.07, 6.45) is -16.8. The fourth-order valence-electron chi connectivity index (χ4n) is 13.7. The van der Waals surface area contributed by atoms with Crippen LogP contribution in [0.3, 0.4) is 0 Å². The van der Waals surface area contributed by atoms with Gasteiger partial charge in [-0.3, -0.25) is 0 Å². The van der Waals surface area contributed by atoms with Crippen molar-refractivity contribution in [3.05, 3.63) is 23.8 Å². The molecule has 0 aromatic heterocycles. The third-order valence-corrected chi connectivity index (χ3v) is 17.2. The molecule has 0 amide bonds. The molecule has 62 heavy (non-hydrogen) atoms. The SMILES string of the molecule is C=C1COC2(OC3CC4C5CC=C6CC(O)CC(OC7OCC(O)C(O)C7OC7OC(C)C(O)C(O)C7O)C6(C)C5CCC4(C)C3C2C)C(O)C1OC1OC(C)C(O)C(O)C1O. The highest BCUT2D eigenvalue weighted by molar-refractivity contribution is 5.29. The van der Waals surface area contributed by atoms with Crippen molar-refractivity contribution < 1.29 is 89.0 Å². The molecule has 1 spiro atoms. The fourth-order valence-corrected chi connectivity index (χ4v) is 13.7. The van der Waals surface area contributed by atoms with Crippen LogP contribution >= 0.6 is 0 Å². The fraction of sp³-hybridized carbons (Fsp3) is 0.909. The minimum Gasteiger partial charge on any atom is -0.393 e. The number of aliphatic hydroxyl groups is 10. The summed E-state index contributed by atoms with van der Waals surface area (Å²) in [4.78, 5) is 0. The summed E-state index contributed by atoms with van der Waals surface area (Å²) in [5, 5.41) is 108. The Hall–Kier alpha value is -1.24. The van der Waals surface area contributed by atoms with Crippen molar-refractivity contribution in [2.75, 3.05) is 13.2 Å². The van der Waals surface area contributed by atoms with E-state index in [1.165, 1.54) is 6.92 Å². The van der Waals surface area contributed by atoms with E-state index in [4.69, 9.17) is 37.9 Å². The van der Waals surface area contributed by atoms with Crippen LogP contribution in [-0.4, -0.2) is 187 Å². The molecule has 0 aromatic carbocycles. The van der Waals surface area contributed by atoms with Crippen LogP contribution < -0.4 is 0 Å². The summed E-state index contributed by atoms with van der Waals surface area (Å²) in [6.45, 7) is 13.5. The summed E-state index contributed by atoms with van der Waals surface area (Å²) >= 11 is 0. The Morgan fingerprint density at radius 1 is 0.742 bits per heavy atom. The Balaban J connectivity index is 0.936. The van der Waals surface area contributed by atoms with Crippen molar-refractivity contribution in [2.45, 2.75) is 195 Å². The van der Waals surface area contributed by atoms with E-state index in [1.807, 2.05) is 6.92 Å². The van der Waals surface area contributed by atoms with Gasteiger partial charge in [0.05, 0.1) is 43.7 Å². The summed E-state index contributed by atoms with van der Waals surface area (Å²) in [6, 6.07) is 0. The normalized spacial score (nSPS) is 58.9. The van der Waals surface area contributed by atoms with Crippen molar-refractivity contribution in [1.82, 2.24) is 0 Å². The lowest BCUT2D eigenvalue weighted by molar-refractivity contribution is -0.362. The van der Waals surface area contributed by atoms with E-state index < -0.39 is 122 Å². The minimum absolute atomic E-state index is 0.00297. The first kappa shape index (κ1) is 45.9. The smallest absolute Gasteiger partial charge is 0.200 e. The van der Waals surface area contributed by atoms with Gasteiger partial charge in [-0.2, -0.15) is 0 Å². The van der Waals surface area contributed by atoms with Crippen molar-refractivity contribution in [3.8, 4) is 0 Å². The number of hydrogen-bond donors (Lipinski definition) is 10. The molecule has 27 unspecified atom stereocenters. The van der Waals surface area contributed by atoms with Gasteiger partial charge in [-0.05, 0) is 80.6 Å². The van der Waals surface area contributed by atoms with Crippen molar-refractivity contribution in [1.29, 1.82) is 0 Å². The molecule has 0 bridgehead atoms. The zero-order valence-electron chi connectivity index (χ0n) is 36.0. The number of hydrogen-bond acceptors (Lipinski definition) is 18. The molecule has 5 saturated heterocycles. The number of fused-ring (bicyclic) bond motifs is 7. The van der Waals surface area contributed by atoms with Gasteiger partial charge < -0.3 is 89.0 Å². The average molecular weight is 885 g/mol. The topological polar surface area (TPSA) is 276 Å². The lowest BCUT2D eigenvalue weighted by Gasteiger charge is -2.60. The van der Waals surface area contributed by atoms with E-state index in [9.17, 15) is 51.1 Å². The molecule has 4 aliphatic carbocycles. The minimum atomic E-state index is -1.66. The quantitative estimate of drug-likeness (QED) is 0.139. The largest absolute Gasteiger partial charge is 0.393 e. The molecule has 8 fully saturated rings. The third kappa shape index (κ3) is 6.97. The molecule has 352 valence electrons. The molecule has 0 radical (unpaired) electrons. The Morgan fingerprint density at radius 3 is 2.05 bits per heavy atom. The number of aliphatic hydroxyl groups excluding tert-OH is 10. The van der Waals surface area contributed by atoms with Crippen molar-refractivity contribution in [3.63, 3.8) is 0 Å². The Morgan fingerprint density at radius 2 is 1.39 bits per heavy atom. The highest BCUT2D eigenvalue weighted by Gasteiger charge is 2.72. The van der Waals surface area contributed by atoms with Gasteiger partial charge in [0.15, 0.2) is 18.9 Å². The molecule has 0 aromatic rings. The molecule has 27 atom stereocenters. The Labute approximate surface area is 361 Å². The number of ether oxygens (including phenoxy) is 8. The predicted molar refractivity (Wildman–Crippen MR) is 211 cm³/mol. The van der Waals surface area contributed by atoms with E-state index in [1.54, 1.807) is 6.92 Å².